The van der Waals surface area contributed by atoms with Crippen molar-refractivity contribution in [3.05, 3.63) is 65.2 Å². The van der Waals surface area contributed by atoms with Crippen LogP contribution in [0.15, 0.2) is 47.4 Å². The standard InChI is InChI=1S/C14H10F2O3S/c1-20(18,19)10-5-2-4-9(8-10)14(17)11-6-3-7-12(15)13(11)16/h2-8H,1H3. The van der Waals surface area contributed by atoms with E-state index in [1.54, 1.807) is 0 Å². The third kappa shape index (κ3) is 2.75. The number of halogens is 2. The van der Waals surface area contributed by atoms with Gasteiger partial charge in [0.1, 0.15) is 0 Å². The van der Waals surface area contributed by atoms with Crippen molar-refractivity contribution >= 4 is 15.6 Å². The Balaban J connectivity index is 2.52. The molecule has 0 fully saturated rings. The molecule has 0 saturated heterocycles. The summed E-state index contributed by atoms with van der Waals surface area (Å²) in [7, 11) is -3.48. The van der Waals surface area contributed by atoms with Gasteiger partial charge in [-0.2, -0.15) is 0 Å². The maximum absolute atomic E-state index is 13.6. The molecule has 0 unspecified atom stereocenters. The first-order valence-corrected chi connectivity index (χ1v) is 7.48. The van der Waals surface area contributed by atoms with Crippen LogP contribution in [0.5, 0.6) is 0 Å². The zero-order valence-corrected chi connectivity index (χ0v) is 11.2. The van der Waals surface area contributed by atoms with Gasteiger partial charge in [-0.05, 0) is 24.3 Å². The maximum Gasteiger partial charge on any atom is 0.196 e. The van der Waals surface area contributed by atoms with Crippen LogP contribution in [0.2, 0.25) is 0 Å². The molecule has 6 heteroatoms. The fourth-order valence-corrected chi connectivity index (χ4v) is 2.37. The van der Waals surface area contributed by atoms with E-state index < -0.39 is 32.8 Å². The Morgan fingerprint density at radius 1 is 1.05 bits per heavy atom. The minimum Gasteiger partial charge on any atom is -0.288 e. The van der Waals surface area contributed by atoms with Crippen molar-refractivity contribution in [3.8, 4) is 0 Å². The van der Waals surface area contributed by atoms with Gasteiger partial charge in [0.25, 0.3) is 0 Å². The summed E-state index contributed by atoms with van der Waals surface area (Å²) in [4.78, 5) is 12.0. The predicted molar refractivity (Wildman–Crippen MR) is 69.3 cm³/mol. The minimum atomic E-state index is -3.48. The Kier molecular flexibility index (Phi) is 3.67. The Morgan fingerprint density at radius 3 is 2.35 bits per heavy atom. The summed E-state index contributed by atoms with van der Waals surface area (Å²) in [6.45, 7) is 0. The van der Waals surface area contributed by atoms with Crippen LogP contribution in [0.1, 0.15) is 15.9 Å². The largest absolute Gasteiger partial charge is 0.288 e. The molecule has 2 aromatic carbocycles. The molecule has 0 atom stereocenters. The fraction of sp³-hybridized carbons (Fsp3) is 0.0714. The molecule has 0 radical (unpaired) electrons. The summed E-state index contributed by atoms with van der Waals surface area (Å²) in [6, 6.07) is 8.46. The molecule has 0 aliphatic carbocycles. The number of sulfone groups is 1. The zero-order valence-electron chi connectivity index (χ0n) is 10.4. The monoisotopic (exact) mass is 296 g/mol. The highest BCUT2D eigenvalue weighted by molar-refractivity contribution is 7.90. The van der Waals surface area contributed by atoms with Gasteiger partial charge >= 0.3 is 0 Å². The Hall–Kier alpha value is -2.08. The van der Waals surface area contributed by atoms with Gasteiger partial charge in [0.15, 0.2) is 27.3 Å². The summed E-state index contributed by atoms with van der Waals surface area (Å²) >= 11 is 0. The predicted octanol–water partition coefficient (Wildman–Crippen LogP) is 2.60. The molecule has 0 bridgehead atoms. The number of carbonyl (C=O) groups is 1. The summed E-state index contributed by atoms with van der Waals surface area (Å²) in [5, 5.41) is 0. The molecule has 0 aromatic heterocycles. The molecular weight excluding hydrogens is 286 g/mol. The van der Waals surface area contributed by atoms with Crippen LogP contribution in [0, 0.1) is 11.6 Å². The van der Waals surface area contributed by atoms with Crippen LogP contribution < -0.4 is 0 Å². The highest BCUT2D eigenvalue weighted by Gasteiger charge is 2.18. The second kappa shape index (κ2) is 5.13. The molecule has 104 valence electrons. The molecule has 3 nitrogen and oxygen atoms in total. The number of ketones is 1. The van der Waals surface area contributed by atoms with Crippen LogP contribution in [-0.2, 0) is 9.84 Å². The first kappa shape index (κ1) is 14.3. The van der Waals surface area contributed by atoms with Crippen LogP contribution >= 0.6 is 0 Å². The van der Waals surface area contributed by atoms with Gasteiger partial charge < -0.3 is 0 Å². The van der Waals surface area contributed by atoms with Crippen molar-refractivity contribution in [1.82, 2.24) is 0 Å². The molecule has 0 spiro atoms. The normalized spacial score (nSPS) is 11.3. The molecule has 20 heavy (non-hydrogen) atoms. The topological polar surface area (TPSA) is 51.2 Å². The van der Waals surface area contributed by atoms with Gasteiger partial charge in [-0.15, -0.1) is 0 Å². The van der Waals surface area contributed by atoms with Gasteiger partial charge in [-0.25, -0.2) is 17.2 Å². The van der Waals surface area contributed by atoms with Crippen LogP contribution in [0.25, 0.3) is 0 Å². The van der Waals surface area contributed by atoms with Crippen LogP contribution in [-0.4, -0.2) is 20.5 Å². The molecule has 2 rings (SSSR count). The number of hydrogen-bond acceptors (Lipinski definition) is 3. The quantitative estimate of drug-likeness (QED) is 0.818. The van der Waals surface area contributed by atoms with E-state index >= 15 is 0 Å². The van der Waals surface area contributed by atoms with E-state index in [9.17, 15) is 22.0 Å². The third-order valence-electron chi connectivity index (χ3n) is 2.72. The first-order chi connectivity index (χ1) is 9.30. The van der Waals surface area contributed by atoms with Crippen molar-refractivity contribution in [2.75, 3.05) is 6.26 Å². The molecule has 0 amide bonds. The van der Waals surface area contributed by atoms with Gasteiger partial charge in [-0.3, -0.25) is 4.79 Å². The van der Waals surface area contributed by atoms with Gasteiger partial charge in [0, 0.05) is 11.8 Å². The van der Waals surface area contributed by atoms with Crippen molar-refractivity contribution in [1.29, 1.82) is 0 Å². The highest BCUT2D eigenvalue weighted by Crippen LogP contribution is 2.18. The number of hydrogen-bond donors (Lipinski definition) is 0. The molecule has 0 aliphatic rings. The van der Waals surface area contributed by atoms with E-state index in [0.717, 1.165) is 24.5 Å². The first-order valence-electron chi connectivity index (χ1n) is 5.59. The second-order valence-corrected chi connectivity index (χ2v) is 6.25. The molecule has 0 heterocycles. The van der Waals surface area contributed by atoms with E-state index in [-0.39, 0.29) is 10.5 Å². The van der Waals surface area contributed by atoms with Gasteiger partial charge in [0.2, 0.25) is 0 Å². The van der Waals surface area contributed by atoms with E-state index in [4.69, 9.17) is 0 Å². The number of benzene rings is 2. The summed E-state index contributed by atoms with van der Waals surface area (Å²) in [5.74, 6) is -3.15. The SMILES string of the molecule is CS(=O)(=O)c1cccc(C(=O)c2cccc(F)c2F)c1. The van der Waals surface area contributed by atoms with E-state index in [2.05, 4.69) is 0 Å². The molecule has 0 aliphatic heterocycles. The van der Waals surface area contributed by atoms with Crippen LogP contribution in [0.4, 0.5) is 8.78 Å². The van der Waals surface area contributed by atoms with E-state index in [0.29, 0.717) is 0 Å². The summed E-state index contributed by atoms with van der Waals surface area (Å²) in [6.07, 6.45) is 0.999. The molecular formula is C14H10F2O3S. The molecule has 2 aromatic rings. The Bertz CT molecular complexity index is 783. The highest BCUT2D eigenvalue weighted by atomic mass is 32.2. The lowest BCUT2D eigenvalue weighted by molar-refractivity contribution is 0.103. The van der Waals surface area contributed by atoms with E-state index in [1.165, 1.54) is 24.3 Å². The third-order valence-corrected chi connectivity index (χ3v) is 3.83. The number of rotatable bonds is 3. The molecule has 0 saturated carbocycles. The average molecular weight is 296 g/mol. The van der Waals surface area contributed by atoms with Crippen molar-refractivity contribution < 1.29 is 22.0 Å². The summed E-state index contributed by atoms with van der Waals surface area (Å²) < 4.78 is 49.5. The lowest BCUT2D eigenvalue weighted by Gasteiger charge is -2.05. The van der Waals surface area contributed by atoms with E-state index in [1.807, 2.05) is 0 Å². The summed E-state index contributed by atoms with van der Waals surface area (Å²) in [5.41, 5.74) is -0.451. The van der Waals surface area contributed by atoms with Crippen LogP contribution in [0.3, 0.4) is 0 Å². The fourth-order valence-electron chi connectivity index (χ4n) is 1.70. The smallest absolute Gasteiger partial charge is 0.196 e. The zero-order chi connectivity index (χ0) is 14.9. The van der Waals surface area contributed by atoms with Crippen molar-refractivity contribution in [2.45, 2.75) is 4.90 Å². The van der Waals surface area contributed by atoms with Gasteiger partial charge in [0.05, 0.1) is 10.5 Å². The van der Waals surface area contributed by atoms with Crippen molar-refractivity contribution in [2.24, 2.45) is 0 Å². The Morgan fingerprint density at radius 2 is 1.70 bits per heavy atom. The second-order valence-electron chi connectivity index (χ2n) is 4.23. The maximum atomic E-state index is 13.6. The average Bonchev–Trinajstić information content (AvgIpc) is 2.40. The lowest BCUT2D eigenvalue weighted by atomic mass is 10.0. The number of carbonyl (C=O) groups excluding carboxylic acids is 1. The minimum absolute atomic E-state index is 0.0163. The Labute approximate surface area is 114 Å². The van der Waals surface area contributed by atoms with Gasteiger partial charge in [-0.1, -0.05) is 18.2 Å². The molecule has 0 N–H and O–H groups in total. The van der Waals surface area contributed by atoms with Crippen molar-refractivity contribution in [3.63, 3.8) is 0 Å². The lowest BCUT2D eigenvalue weighted by Crippen LogP contribution is -2.07.